The summed E-state index contributed by atoms with van der Waals surface area (Å²) >= 11 is 3.05. The van der Waals surface area contributed by atoms with E-state index >= 15 is 0 Å². The summed E-state index contributed by atoms with van der Waals surface area (Å²) in [6.45, 7) is 1.78. The van der Waals surface area contributed by atoms with Crippen LogP contribution in [0.15, 0.2) is 32.2 Å². The van der Waals surface area contributed by atoms with Crippen LogP contribution in [0.3, 0.4) is 0 Å². The maximum absolute atomic E-state index is 11.7. The van der Waals surface area contributed by atoms with Gasteiger partial charge in [0.1, 0.15) is 17.1 Å². The van der Waals surface area contributed by atoms with E-state index in [-0.39, 0.29) is 18.0 Å². The highest BCUT2D eigenvalue weighted by molar-refractivity contribution is 8.01. The topological polar surface area (TPSA) is 79.5 Å². The molecule has 106 valence electrons. The molecule has 0 fully saturated rings. The quantitative estimate of drug-likeness (QED) is 0.802. The van der Waals surface area contributed by atoms with E-state index in [0.717, 1.165) is 4.21 Å². The van der Waals surface area contributed by atoms with Gasteiger partial charge >= 0.3 is 5.97 Å². The largest absolute Gasteiger partial charge is 0.478 e. The molecule has 0 aliphatic carbocycles. The Morgan fingerprint density at radius 3 is 2.90 bits per heavy atom. The molecule has 0 saturated carbocycles. The van der Waals surface area contributed by atoms with Crippen LogP contribution in [-0.2, 0) is 11.3 Å². The van der Waals surface area contributed by atoms with E-state index in [2.05, 4.69) is 5.32 Å². The van der Waals surface area contributed by atoms with E-state index in [1.807, 2.05) is 17.5 Å². The highest BCUT2D eigenvalue weighted by atomic mass is 32.2. The van der Waals surface area contributed by atoms with Crippen molar-refractivity contribution in [2.24, 2.45) is 0 Å². The molecule has 0 radical (unpaired) electrons. The summed E-state index contributed by atoms with van der Waals surface area (Å²) < 4.78 is 6.36. The van der Waals surface area contributed by atoms with Crippen molar-refractivity contribution in [3.63, 3.8) is 0 Å². The van der Waals surface area contributed by atoms with Crippen LogP contribution >= 0.6 is 23.1 Å². The van der Waals surface area contributed by atoms with Gasteiger partial charge in [0.15, 0.2) is 0 Å². The van der Waals surface area contributed by atoms with Crippen molar-refractivity contribution >= 4 is 35.0 Å². The average Bonchev–Trinajstić information content (AvgIpc) is 3.03. The van der Waals surface area contributed by atoms with Crippen molar-refractivity contribution in [3.8, 4) is 0 Å². The zero-order chi connectivity index (χ0) is 14.5. The standard InChI is InChI=1S/C13H13NO4S2/c1-8-10(13(16)17)5-9(18-8)6-14-11(15)7-20-12-3-2-4-19-12/h2-5H,6-7H2,1H3,(H,14,15)(H,16,17). The lowest BCUT2D eigenvalue weighted by Gasteiger charge is -2.01. The summed E-state index contributed by atoms with van der Waals surface area (Å²) in [5, 5.41) is 13.6. The second-order valence-corrected chi connectivity index (χ2v) is 6.21. The van der Waals surface area contributed by atoms with Gasteiger partial charge < -0.3 is 14.8 Å². The molecule has 7 heteroatoms. The van der Waals surface area contributed by atoms with Gasteiger partial charge in [0, 0.05) is 0 Å². The molecule has 2 aromatic rings. The Morgan fingerprint density at radius 1 is 1.50 bits per heavy atom. The lowest BCUT2D eigenvalue weighted by molar-refractivity contribution is -0.118. The lowest BCUT2D eigenvalue weighted by atomic mass is 10.2. The van der Waals surface area contributed by atoms with Crippen molar-refractivity contribution < 1.29 is 19.1 Å². The first-order valence-corrected chi connectivity index (χ1v) is 7.68. The minimum Gasteiger partial charge on any atom is -0.478 e. The van der Waals surface area contributed by atoms with E-state index in [1.54, 1.807) is 18.3 Å². The predicted molar refractivity (Wildman–Crippen MR) is 77.3 cm³/mol. The SMILES string of the molecule is Cc1oc(CNC(=O)CSc2cccs2)cc1C(=O)O. The number of thioether (sulfide) groups is 1. The Balaban J connectivity index is 1.81. The third kappa shape index (κ3) is 3.88. The number of rotatable bonds is 6. The molecular weight excluding hydrogens is 298 g/mol. The van der Waals surface area contributed by atoms with E-state index in [4.69, 9.17) is 9.52 Å². The Labute approximate surface area is 124 Å². The second kappa shape index (κ2) is 6.62. The van der Waals surface area contributed by atoms with Crippen molar-refractivity contribution in [1.82, 2.24) is 5.32 Å². The summed E-state index contributed by atoms with van der Waals surface area (Å²) in [6, 6.07) is 5.33. The molecule has 0 spiro atoms. The minimum atomic E-state index is -1.03. The number of aryl methyl sites for hydroxylation is 1. The van der Waals surface area contributed by atoms with Crippen LogP contribution in [0.1, 0.15) is 21.9 Å². The van der Waals surface area contributed by atoms with Crippen LogP contribution in [-0.4, -0.2) is 22.7 Å². The number of furan rings is 1. The van der Waals surface area contributed by atoms with E-state index < -0.39 is 5.97 Å². The number of thiophene rings is 1. The summed E-state index contributed by atoms with van der Waals surface area (Å²) in [4.78, 5) is 22.5. The van der Waals surface area contributed by atoms with Crippen molar-refractivity contribution in [3.05, 3.63) is 40.7 Å². The molecule has 0 bridgehead atoms. The van der Waals surface area contributed by atoms with Gasteiger partial charge in [-0.2, -0.15) is 0 Å². The summed E-state index contributed by atoms with van der Waals surface area (Å²) in [6.07, 6.45) is 0. The average molecular weight is 311 g/mol. The fourth-order valence-corrected chi connectivity index (χ4v) is 3.18. The number of aromatic carboxylic acids is 1. The van der Waals surface area contributed by atoms with Crippen molar-refractivity contribution in [1.29, 1.82) is 0 Å². The summed E-state index contributed by atoms with van der Waals surface area (Å²) in [5.74, 6) is -0.0399. The number of nitrogens with one attached hydrogen (secondary N) is 1. The number of hydrogen-bond donors (Lipinski definition) is 2. The fraction of sp³-hybridized carbons (Fsp3) is 0.231. The van der Waals surface area contributed by atoms with Crippen LogP contribution in [0, 0.1) is 6.92 Å². The molecule has 5 nitrogen and oxygen atoms in total. The second-order valence-electron chi connectivity index (χ2n) is 3.99. The maximum Gasteiger partial charge on any atom is 0.339 e. The summed E-state index contributed by atoms with van der Waals surface area (Å²) in [7, 11) is 0. The van der Waals surface area contributed by atoms with Gasteiger partial charge in [-0.15, -0.1) is 23.1 Å². The molecule has 0 aromatic carbocycles. The van der Waals surface area contributed by atoms with Crippen LogP contribution in [0.2, 0.25) is 0 Å². The molecule has 0 atom stereocenters. The predicted octanol–water partition coefficient (Wildman–Crippen LogP) is 2.76. The Bertz CT molecular complexity index is 604. The number of carboxylic acids is 1. The maximum atomic E-state index is 11.7. The minimum absolute atomic E-state index is 0.116. The first kappa shape index (κ1) is 14.7. The zero-order valence-corrected chi connectivity index (χ0v) is 12.3. The fourth-order valence-electron chi connectivity index (χ4n) is 1.56. The molecule has 0 aliphatic rings. The number of carbonyl (C=O) groups is 2. The first-order valence-electron chi connectivity index (χ1n) is 5.82. The van der Waals surface area contributed by atoms with Crippen LogP contribution in [0.5, 0.6) is 0 Å². The molecule has 2 heterocycles. The Kier molecular flexibility index (Phi) is 4.86. The van der Waals surface area contributed by atoms with Gasteiger partial charge in [0.25, 0.3) is 0 Å². The van der Waals surface area contributed by atoms with Crippen molar-refractivity contribution in [2.75, 3.05) is 5.75 Å². The molecule has 1 amide bonds. The molecule has 0 aliphatic heterocycles. The van der Waals surface area contributed by atoms with Gasteiger partial charge in [-0.3, -0.25) is 4.79 Å². The smallest absolute Gasteiger partial charge is 0.339 e. The van der Waals surface area contributed by atoms with E-state index in [1.165, 1.54) is 17.8 Å². The van der Waals surface area contributed by atoms with Crippen LogP contribution < -0.4 is 5.32 Å². The molecule has 2 N–H and O–H groups in total. The molecule has 2 rings (SSSR count). The first-order chi connectivity index (χ1) is 9.56. The third-order valence-corrected chi connectivity index (χ3v) is 4.63. The lowest BCUT2D eigenvalue weighted by Crippen LogP contribution is -2.24. The normalized spacial score (nSPS) is 10.4. The monoisotopic (exact) mass is 311 g/mol. The number of amides is 1. The molecule has 0 saturated heterocycles. The molecule has 2 aromatic heterocycles. The van der Waals surface area contributed by atoms with Gasteiger partial charge in [-0.1, -0.05) is 6.07 Å². The Hall–Kier alpha value is -1.73. The highest BCUT2D eigenvalue weighted by Gasteiger charge is 2.14. The Morgan fingerprint density at radius 2 is 2.30 bits per heavy atom. The van der Waals surface area contributed by atoms with Crippen molar-refractivity contribution in [2.45, 2.75) is 17.7 Å². The van der Waals surface area contributed by atoms with Gasteiger partial charge in [-0.25, -0.2) is 4.79 Å². The third-order valence-electron chi connectivity index (χ3n) is 2.50. The molecule has 0 unspecified atom stereocenters. The van der Waals surface area contributed by atoms with Gasteiger partial charge in [0.2, 0.25) is 5.91 Å². The van der Waals surface area contributed by atoms with Crippen LogP contribution in [0.25, 0.3) is 0 Å². The zero-order valence-electron chi connectivity index (χ0n) is 10.7. The van der Waals surface area contributed by atoms with Gasteiger partial charge in [0.05, 0.1) is 16.5 Å². The van der Waals surface area contributed by atoms with Crippen LogP contribution in [0.4, 0.5) is 0 Å². The summed E-state index contributed by atoms with van der Waals surface area (Å²) in [5.41, 5.74) is 0.127. The molecule has 20 heavy (non-hydrogen) atoms. The molecular formula is C13H13NO4S2. The van der Waals surface area contributed by atoms with E-state index in [0.29, 0.717) is 17.3 Å². The number of hydrogen-bond acceptors (Lipinski definition) is 5. The van der Waals surface area contributed by atoms with E-state index in [9.17, 15) is 9.59 Å². The van der Waals surface area contributed by atoms with Gasteiger partial charge in [-0.05, 0) is 24.4 Å². The highest BCUT2D eigenvalue weighted by Crippen LogP contribution is 2.22. The number of carboxylic acid groups (broad SMARTS) is 1. The number of carbonyl (C=O) groups excluding carboxylic acids is 1.